The molecule has 0 bridgehead atoms. The van der Waals surface area contributed by atoms with Gasteiger partial charge in [0.05, 0.1) is 32.8 Å². The first-order valence-electron chi connectivity index (χ1n) is 8.37. The average molecular weight is 426 g/mol. The van der Waals surface area contributed by atoms with E-state index in [0.717, 1.165) is 6.20 Å². The predicted octanol–water partition coefficient (Wildman–Crippen LogP) is 3.07. The molecule has 0 atom stereocenters. The Labute approximate surface area is 171 Å². The Kier molecular flexibility index (Phi) is 7.37. The number of nitrogens with zero attached hydrogens (tertiary/aromatic N) is 5. The number of aromatic nitrogens is 2. The van der Waals surface area contributed by atoms with E-state index in [0.29, 0.717) is 17.1 Å². The summed E-state index contributed by atoms with van der Waals surface area (Å²) < 4.78 is 15.3. The van der Waals surface area contributed by atoms with Crippen LogP contribution in [0.1, 0.15) is 12.5 Å². The van der Waals surface area contributed by atoms with Crippen molar-refractivity contribution in [2.24, 2.45) is 0 Å². The molecule has 0 fully saturated rings. The first kappa shape index (κ1) is 22.0. The fourth-order valence-corrected chi connectivity index (χ4v) is 2.72. The highest BCUT2D eigenvalue weighted by Crippen LogP contribution is 2.32. The van der Waals surface area contributed by atoms with Gasteiger partial charge < -0.3 is 14.2 Å². The molecule has 1 amide bonds. The van der Waals surface area contributed by atoms with E-state index < -0.39 is 16.7 Å². The van der Waals surface area contributed by atoms with E-state index in [1.165, 1.54) is 31.3 Å². The zero-order valence-electron chi connectivity index (χ0n) is 16.3. The minimum Gasteiger partial charge on any atom is -0.493 e. The second kappa shape index (κ2) is 9.73. The van der Waals surface area contributed by atoms with Crippen molar-refractivity contribution in [3.05, 3.63) is 45.4 Å². The van der Waals surface area contributed by atoms with Crippen LogP contribution in [0.15, 0.2) is 24.4 Å². The monoisotopic (exact) mass is 425 g/mol. The van der Waals surface area contributed by atoms with Crippen molar-refractivity contribution in [2.75, 3.05) is 32.9 Å². The maximum Gasteiger partial charge on any atom is 0.428 e. The summed E-state index contributed by atoms with van der Waals surface area (Å²) in [5.74, 6) is 0.817. The van der Waals surface area contributed by atoms with Gasteiger partial charge in [-0.3, -0.25) is 15.1 Å². The Morgan fingerprint density at radius 3 is 2.48 bits per heavy atom. The maximum absolute atomic E-state index is 12.3. The second-order valence-corrected chi connectivity index (χ2v) is 5.88. The van der Waals surface area contributed by atoms with Crippen LogP contribution in [0.4, 0.5) is 16.3 Å². The fraction of sp³-hybridized carbons (Fsp3) is 0.353. The number of amides is 1. The second-order valence-electron chi connectivity index (χ2n) is 5.54. The maximum atomic E-state index is 12.3. The molecule has 12 heteroatoms. The van der Waals surface area contributed by atoms with Crippen LogP contribution in [-0.2, 0) is 11.3 Å². The molecule has 1 aromatic heterocycles. The Hall–Kier alpha value is -3.34. The van der Waals surface area contributed by atoms with Gasteiger partial charge in [0, 0.05) is 6.54 Å². The molecule has 0 N–H and O–H groups in total. The van der Waals surface area contributed by atoms with Gasteiger partial charge in [-0.2, -0.15) is 4.98 Å². The first-order valence-corrected chi connectivity index (χ1v) is 8.74. The minimum absolute atomic E-state index is 0.0253. The molecule has 0 aliphatic rings. The lowest BCUT2D eigenvalue weighted by Gasteiger charge is -2.33. The van der Waals surface area contributed by atoms with Gasteiger partial charge in [-0.05, 0) is 36.2 Å². The third-order valence-electron chi connectivity index (χ3n) is 3.92. The fourth-order valence-electron chi connectivity index (χ4n) is 2.59. The molecule has 2 aromatic rings. The molecule has 0 radical (unpaired) electrons. The Balaban J connectivity index is 2.59. The molecule has 1 heterocycles. The van der Waals surface area contributed by atoms with Crippen molar-refractivity contribution in [2.45, 2.75) is 13.5 Å². The van der Waals surface area contributed by atoms with Crippen molar-refractivity contribution in [3.63, 3.8) is 0 Å². The number of hydrogen-bond acceptors (Lipinski definition) is 9. The minimum atomic E-state index is -0.725. The molecule has 0 aliphatic heterocycles. The molecule has 0 unspecified atom stereocenters. The Bertz CT molecular complexity index is 897. The third-order valence-corrected chi connectivity index (χ3v) is 4.10. The van der Waals surface area contributed by atoms with Gasteiger partial charge in [0.15, 0.2) is 11.5 Å². The van der Waals surface area contributed by atoms with Crippen molar-refractivity contribution in [1.82, 2.24) is 15.0 Å². The van der Waals surface area contributed by atoms with E-state index in [2.05, 4.69) is 9.97 Å². The van der Waals surface area contributed by atoms with Crippen LogP contribution < -0.4 is 14.5 Å². The number of anilines is 1. The summed E-state index contributed by atoms with van der Waals surface area (Å²) in [6, 6.07) is 5.10. The zero-order chi connectivity index (χ0) is 21.6. The number of carbonyl (C=O) groups excluding carboxylic acids is 1. The SMILES string of the molecule is CCN(C(=O)OC)N(Cc1ccc(OC)c(OC)c1)c1nc(Cl)ncc1[N+](=O)[O-]. The summed E-state index contributed by atoms with van der Waals surface area (Å²) >= 11 is 5.87. The van der Waals surface area contributed by atoms with E-state index >= 15 is 0 Å². The predicted molar refractivity (Wildman–Crippen MR) is 104 cm³/mol. The molecule has 156 valence electrons. The van der Waals surface area contributed by atoms with Gasteiger partial charge in [0.2, 0.25) is 11.1 Å². The molecular weight excluding hydrogens is 406 g/mol. The number of methoxy groups -OCH3 is 3. The van der Waals surface area contributed by atoms with Crippen LogP contribution in [0.3, 0.4) is 0 Å². The van der Waals surface area contributed by atoms with Gasteiger partial charge in [-0.15, -0.1) is 0 Å². The third kappa shape index (κ3) is 4.93. The number of halogens is 1. The summed E-state index contributed by atoms with van der Waals surface area (Å²) in [6.45, 7) is 1.86. The molecule has 0 spiro atoms. The molecule has 0 saturated heterocycles. The Morgan fingerprint density at radius 2 is 1.93 bits per heavy atom. The zero-order valence-corrected chi connectivity index (χ0v) is 17.0. The molecular formula is C17H20ClN5O6. The molecule has 0 aliphatic carbocycles. The lowest BCUT2D eigenvalue weighted by Crippen LogP contribution is -2.47. The number of rotatable bonds is 8. The summed E-state index contributed by atoms with van der Waals surface area (Å²) in [4.78, 5) is 30.8. The first-order chi connectivity index (χ1) is 13.9. The lowest BCUT2D eigenvalue weighted by atomic mass is 10.2. The molecule has 1 aromatic carbocycles. The molecule has 29 heavy (non-hydrogen) atoms. The van der Waals surface area contributed by atoms with Crippen LogP contribution in [0.5, 0.6) is 11.5 Å². The number of hydrogen-bond donors (Lipinski definition) is 0. The van der Waals surface area contributed by atoms with Gasteiger partial charge in [-0.1, -0.05) is 6.07 Å². The largest absolute Gasteiger partial charge is 0.493 e. The summed E-state index contributed by atoms with van der Waals surface area (Å²) in [7, 11) is 4.20. The highest BCUT2D eigenvalue weighted by molar-refractivity contribution is 6.28. The van der Waals surface area contributed by atoms with E-state index in [9.17, 15) is 14.9 Å². The highest BCUT2D eigenvalue weighted by atomic mass is 35.5. The van der Waals surface area contributed by atoms with E-state index in [-0.39, 0.29) is 24.2 Å². The van der Waals surface area contributed by atoms with Crippen molar-refractivity contribution < 1.29 is 23.9 Å². The summed E-state index contributed by atoms with van der Waals surface area (Å²) in [5.41, 5.74) is 0.242. The van der Waals surface area contributed by atoms with Gasteiger partial charge in [0.25, 0.3) is 0 Å². The normalized spacial score (nSPS) is 10.2. The number of nitro groups is 1. The number of benzene rings is 1. The standard InChI is InChI=1S/C17H20ClN5O6/c1-5-21(17(24)29-4)22(15-12(23(25)26)9-19-16(18)20-15)10-11-6-7-13(27-2)14(8-11)28-3/h6-9H,5,10H2,1-4H3. The van der Waals surface area contributed by atoms with Crippen LogP contribution in [0, 0.1) is 10.1 Å². The Morgan fingerprint density at radius 1 is 1.24 bits per heavy atom. The number of ether oxygens (including phenoxy) is 3. The summed E-state index contributed by atoms with van der Waals surface area (Å²) in [6.07, 6.45) is 0.259. The van der Waals surface area contributed by atoms with Crippen LogP contribution in [0.25, 0.3) is 0 Å². The highest BCUT2D eigenvalue weighted by Gasteiger charge is 2.30. The van der Waals surface area contributed by atoms with E-state index in [1.807, 2.05) is 0 Å². The summed E-state index contributed by atoms with van der Waals surface area (Å²) in [5, 5.41) is 13.8. The number of carbonyl (C=O) groups is 1. The van der Waals surface area contributed by atoms with Crippen molar-refractivity contribution in [3.8, 4) is 11.5 Å². The van der Waals surface area contributed by atoms with Gasteiger partial charge >= 0.3 is 11.8 Å². The van der Waals surface area contributed by atoms with Gasteiger partial charge in [0.1, 0.15) is 6.20 Å². The van der Waals surface area contributed by atoms with E-state index in [1.54, 1.807) is 25.1 Å². The van der Waals surface area contributed by atoms with Crippen LogP contribution >= 0.6 is 11.6 Å². The van der Waals surface area contributed by atoms with E-state index in [4.69, 9.17) is 25.8 Å². The smallest absolute Gasteiger partial charge is 0.428 e. The number of hydrazine groups is 1. The van der Waals surface area contributed by atoms with Crippen LogP contribution in [-0.4, -0.2) is 53.9 Å². The molecule has 0 saturated carbocycles. The quantitative estimate of drug-likeness (QED) is 0.357. The van der Waals surface area contributed by atoms with Gasteiger partial charge in [-0.25, -0.2) is 14.8 Å². The van der Waals surface area contributed by atoms with Crippen LogP contribution in [0.2, 0.25) is 5.28 Å². The lowest BCUT2D eigenvalue weighted by molar-refractivity contribution is -0.384. The molecule has 11 nitrogen and oxygen atoms in total. The van der Waals surface area contributed by atoms with Crippen molar-refractivity contribution in [1.29, 1.82) is 0 Å². The van der Waals surface area contributed by atoms with Crippen molar-refractivity contribution >= 4 is 29.2 Å². The molecule has 2 rings (SSSR count). The topological polar surface area (TPSA) is 120 Å². The average Bonchev–Trinajstić information content (AvgIpc) is 2.72.